The lowest BCUT2D eigenvalue weighted by atomic mass is 10.1. The van der Waals surface area contributed by atoms with Crippen LogP contribution in [0.15, 0.2) is 71.6 Å². The third kappa shape index (κ3) is 5.17. The molecule has 0 saturated heterocycles. The van der Waals surface area contributed by atoms with Gasteiger partial charge in [-0.15, -0.1) is 0 Å². The molecular weight excluding hydrogens is 422 g/mol. The predicted molar refractivity (Wildman–Crippen MR) is 117 cm³/mol. The number of hydrogen-bond donors (Lipinski definition) is 2. The monoisotopic (exact) mass is 439 g/mol. The first-order chi connectivity index (χ1) is 14.3. The third-order valence-electron chi connectivity index (χ3n) is 4.29. The summed E-state index contributed by atoms with van der Waals surface area (Å²) in [7, 11) is -3.77. The van der Waals surface area contributed by atoms with E-state index in [-0.39, 0.29) is 21.2 Å². The number of carbonyl (C=O) groups excluding carboxylic acids is 1. The summed E-state index contributed by atoms with van der Waals surface area (Å²) in [5.74, 6) is -0.430. The third-order valence-corrected chi connectivity index (χ3v) is 6.00. The van der Waals surface area contributed by atoms with Crippen LogP contribution in [0.3, 0.4) is 0 Å². The summed E-state index contributed by atoms with van der Waals surface area (Å²) in [5.41, 5.74) is 2.81. The molecule has 0 heterocycles. The molecule has 0 aliphatic heterocycles. The number of halogens is 1. The van der Waals surface area contributed by atoms with Gasteiger partial charge in [-0.1, -0.05) is 41.4 Å². The lowest BCUT2D eigenvalue weighted by Gasteiger charge is -2.11. The minimum atomic E-state index is -3.77. The minimum Gasteiger partial charge on any atom is -0.322 e. The average Bonchev–Trinajstić information content (AvgIpc) is 2.69. The van der Waals surface area contributed by atoms with E-state index in [2.05, 4.69) is 16.1 Å². The van der Waals surface area contributed by atoms with Crippen molar-refractivity contribution in [1.29, 1.82) is 5.26 Å². The molecule has 8 heteroatoms. The van der Waals surface area contributed by atoms with Crippen molar-refractivity contribution in [3.8, 4) is 6.07 Å². The van der Waals surface area contributed by atoms with Crippen LogP contribution in [0.25, 0.3) is 0 Å². The Bertz CT molecular complexity index is 1220. The van der Waals surface area contributed by atoms with Crippen LogP contribution < -0.4 is 10.0 Å². The molecule has 0 radical (unpaired) electrons. The van der Waals surface area contributed by atoms with E-state index >= 15 is 0 Å². The van der Waals surface area contributed by atoms with Gasteiger partial charge in [-0.05, 0) is 55.0 Å². The summed E-state index contributed by atoms with van der Waals surface area (Å²) in [6.45, 7) is 1.87. The van der Waals surface area contributed by atoms with Crippen LogP contribution in [0.4, 0.5) is 11.4 Å². The molecule has 3 aromatic rings. The summed E-state index contributed by atoms with van der Waals surface area (Å²) in [4.78, 5) is 12.6. The van der Waals surface area contributed by atoms with E-state index in [1.54, 1.807) is 36.4 Å². The van der Waals surface area contributed by atoms with Crippen molar-refractivity contribution in [1.82, 2.24) is 0 Å². The Kier molecular flexibility index (Phi) is 6.40. The van der Waals surface area contributed by atoms with E-state index in [0.29, 0.717) is 12.1 Å². The zero-order valence-corrected chi connectivity index (χ0v) is 17.6. The number of hydrogen-bond acceptors (Lipinski definition) is 4. The lowest BCUT2D eigenvalue weighted by Crippen LogP contribution is -2.15. The van der Waals surface area contributed by atoms with Crippen molar-refractivity contribution in [3.05, 3.63) is 88.4 Å². The summed E-state index contributed by atoms with van der Waals surface area (Å²) < 4.78 is 27.5. The van der Waals surface area contributed by atoms with Crippen molar-refractivity contribution in [2.45, 2.75) is 18.2 Å². The number of aryl methyl sites for hydroxylation is 1. The van der Waals surface area contributed by atoms with Crippen molar-refractivity contribution >= 4 is 38.9 Å². The molecule has 0 aliphatic carbocycles. The van der Waals surface area contributed by atoms with Crippen LogP contribution in [-0.2, 0) is 16.4 Å². The Balaban J connectivity index is 1.73. The quantitative estimate of drug-likeness (QED) is 0.577. The summed E-state index contributed by atoms with van der Waals surface area (Å²) in [6, 6.07) is 19.7. The maximum absolute atomic E-state index is 12.5. The molecule has 0 spiro atoms. The zero-order valence-electron chi connectivity index (χ0n) is 16.0. The minimum absolute atomic E-state index is 0.109. The Morgan fingerprint density at radius 1 is 1.00 bits per heavy atom. The summed E-state index contributed by atoms with van der Waals surface area (Å²) >= 11 is 6.22. The number of anilines is 2. The Hall–Kier alpha value is -3.34. The highest BCUT2D eigenvalue weighted by Gasteiger charge is 2.16. The van der Waals surface area contributed by atoms with Gasteiger partial charge in [-0.2, -0.15) is 5.26 Å². The van der Waals surface area contributed by atoms with E-state index in [0.717, 1.165) is 11.1 Å². The predicted octanol–water partition coefficient (Wildman–Crippen LogP) is 4.77. The number of amides is 1. The van der Waals surface area contributed by atoms with Gasteiger partial charge in [-0.3, -0.25) is 9.52 Å². The average molecular weight is 440 g/mol. The number of carbonyl (C=O) groups is 1. The Labute approximate surface area is 180 Å². The second-order valence-electron chi connectivity index (χ2n) is 6.60. The van der Waals surface area contributed by atoms with Gasteiger partial charge in [0.1, 0.15) is 0 Å². The lowest BCUT2D eigenvalue weighted by molar-refractivity contribution is 0.102. The molecule has 0 unspecified atom stereocenters. The molecule has 3 rings (SSSR count). The molecule has 6 nitrogen and oxygen atoms in total. The maximum atomic E-state index is 12.5. The molecule has 3 aromatic carbocycles. The normalized spacial score (nSPS) is 10.8. The van der Waals surface area contributed by atoms with Crippen molar-refractivity contribution < 1.29 is 13.2 Å². The Morgan fingerprint density at radius 2 is 1.63 bits per heavy atom. The number of rotatable bonds is 6. The molecule has 0 aromatic heterocycles. The fraction of sp³-hybridized carbons (Fsp3) is 0.0909. The zero-order chi connectivity index (χ0) is 21.7. The van der Waals surface area contributed by atoms with Crippen LogP contribution >= 0.6 is 11.6 Å². The van der Waals surface area contributed by atoms with Crippen LogP contribution in [0, 0.1) is 18.3 Å². The highest BCUT2D eigenvalue weighted by atomic mass is 35.5. The van der Waals surface area contributed by atoms with Crippen LogP contribution in [0.2, 0.25) is 5.02 Å². The van der Waals surface area contributed by atoms with E-state index in [4.69, 9.17) is 16.9 Å². The maximum Gasteiger partial charge on any atom is 0.261 e. The fourth-order valence-corrected chi connectivity index (χ4v) is 4.01. The van der Waals surface area contributed by atoms with Crippen LogP contribution in [0.1, 0.15) is 21.5 Å². The van der Waals surface area contributed by atoms with Crippen LogP contribution in [-0.4, -0.2) is 14.3 Å². The molecule has 30 heavy (non-hydrogen) atoms. The Morgan fingerprint density at radius 3 is 2.23 bits per heavy atom. The first-order valence-electron chi connectivity index (χ1n) is 8.95. The van der Waals surface area contributed by atoms with Gasteiger partial charge in [0.15, 0.2) is 0 Å². The molecule has 0 saturated carbocycles. The second-order valence-corrected chi connectivity index (χ2v) is 8.69. The van der Waals surface area contributed by atoms with E-state index in [9.17, 15) is 13.2 Å². The first-order valence-corrected chi connectivity index (χ1v) is 10.8. The van der Waals surface area contributed by atoms with Gasteiger partial charge in [-0.25, -0.2) is 8.42 Å². The molecule has 0 bridgehead atoms. The van der Waals surface area contributed by atoms with Gasteiger partial charge >= 0.3 is 0 Å². The van der Waals surface area contributed by atoms with Gasteiger partial charge in [0.05, 0.1) is 33.7 Å². The number of benzene rings is 3. The number of sulfonamides is 1. The molecule has 0 atom stereocenters. The second kappa shape index (κ2) is 8.99. The highest BCUT2D eigenvalue weighted by Crippen LogP contribution is 2.24. The molecule has 152 valence electrons. The van der Waals surface area contributed by atoms with E-state index in [1.807, 2.05) is 6.92 Å². The van der Waals surface area contributed by atoms with Crippen molar-refractivity contribution in [3.63, 3.8) is 0 Å². The molecular formula is C22H18ClN3O3S. The topological polar surface area (TPSA) is 99.1 Å². The summed E-state index contributed by atoms with van der Waals surface area (Å²) in [5, 5.41) is 11.5. The smallest absolute Gasteiger partial charge is 0.261 e. The van der Waals surface area contributed by atoms with Crippen molar-refractivity contribution in [2.75, 3.05) is 10.0 Å². The largest absolute Gasteiger partial charge is 0.322 e. The number of nitrogens with zero attached hydrogens (tertiary/aromatic N) is 1. The standard InChI is InChI=1S/C22H18ClN3O3S/c1-15-2-9-19(10-3-15)30(28,29)26-18-8-11-20(21(23)14-18)22(27)25-17-6-4-16(5-7-17)12-13-24/h2-11,14,26H,12H2,1H3,(H,25,27). The first kappa shape index (κ1) is 21.4. The van der Waals surface area contributed by atoms with Crippen molar-refractivity contribution in [2.24, 2.45) is 0 Å². The SMILES string of the molecule is Cc1ccc(S(=O)(=O)Nc2ccc(C(=O)Nc3ccc(CC#N)cc3)c(Cl)c2)cc1. The van der Waals surface area contributed by atoms with E-state index in [1.165, 1.54) is 30.3 Å². The molecule has 0 fully saturated rings. The van der Waals surface area contributed by atoms with E-state index < -0.39 is 15.9 Å². The molecule has 0 aliphatic rings. The number of nitriles is 1. The number of nitrogens with one attached hydrogen (secondary N) is 2. The molecule has 1 amide bonds. The van der Waals surface area contributed by atoms with Crippen LogP contribution in [0.5, 0.6) is 0 Å². The fourth-order valence-electron chi connectivity index (χ4n) is 2.69. The molecule has 2 N–H and O–H groups in total. The van der Waals surface area contributed by atoms with Gasteiger partial charge in [0.25, 0.3) is 15.9 Å². The van der Waals surface area contributed by atoms with Gasteiger partial charge in [0, 0.05) is 5.69 Å². The summed E-state index contributed by atoms with van der Waals surface area (Å²) in [6.07, 6.45) is 0.292. The van der Waals surface area contributed by atoms with Gasteiger partial charge in [0.2, 0.25) is 0 Å². The van der Waals surface area contributed by atoms with Gasteiger partial charge < -0.3 is 5.32 Å². The highest BCUT2D eigenvalue weighted by molar-refractivity contribution is 7.92.